The van der Waals surface area contributed by atoms with Crippen LogP contribution in [-0.4, -0.2) is 22.9 Å². The summed E-state index contributed by atoms with van der Waals surface area (Å²) in [6, 6.07) is 17.8. The van der Waals surface area contributed by atoms with Gasteiger partial charge in [-0.1, -0.05) is 60.7 Å². The minimum absolute atomic E-state index is 0.179. The number of hydrazine groups is 1. The van der Waals surface area contributed by atoms with E-state index in [-0.39, 0.29) is 18.4 Å². The Morgan fingerprint density at radius 1 is 1.08 bits per heavy atom. The van der Waals surface area contributed by atoms with Crippen molar-refractivity contribution >= 4 is 11.9 Å². The number of amides is 3. The molecule has 0 aromatic heterocycles. The molecule has 1 aliphatic heterocycles. The van der Waals surface area contributed by atoms with E-state index in [1.165, 1.54) is 6.20 Å². The summed E-state index contributed by atoms with van der Waals surface area (Å²) in [5.74, 6) is 4.95. The van der Waals surface area contributed by atoms with Crippen LogP contribution < -0.4 is 22.3 Å². The van der Waals surface area contributed by atoms with Crippen molar-refractivity contribution in [2.24, 2.45) is 11.6 Å². The second-order valence-electron chi connectivity index (χ2n) is 6.00. The number of nitrogens with one attached hydrogen (secondary N) is 2. The molecule has 0 saturated carbocycles. The number of likely N-dealkylation sites (tertiary alicyclic amines) is 1. The number of hydrogen-bond acceptors (Lipinski definition) is 5. The van der Waals surface area contributed by atoms with E-state index in [0.29, 0.717) is 5.70 Å². The minimum Gasteiger partial charge on any atom is -0.399 e. The molecule has 2 aromatic carbocycles. The summed E-state index contributed by atoms with van der Waals surface area (Å²) in [6.07, 6.45) is 1.56. The summed E-state index contributed by atoms with van der Waals surface area (Å²) in [6.45, 7) is 0. The highest BCUT2D eigenvalue weighted by atomic mass is 16.2. The Bertz CT molecular complexity index is 768. The van der Waals surface area contributed by atoms with E-state index in [4.69, 9.17) is 11.6 Å². The van der Waals surface area contributed by atoms with Crippen molar-refractivity contribution in [3.8, 4) is 0 Å². The maximum atomic E-state index is 12.8. The highest BCUT2D eigenvalue weighted by Gasteiger charge is 2.43. The van der Waals surface area contributed by atoms with Gasteiger partial charge in [-0.15, -0.1) is 0 Å². The fourth-order valence-electron chi connectivity index (χ4n) is 2.97. The average molecular weight is 351 g/mol. The van der Waals surface area contributed by atoms with Gasteiger partial charge in [0.1, 0.15) is 0 Å². The van der Waals surface area contributed by atoms with Crippen LogP contribution in [-0.2, 0) is 4.79 Å². The van der Waals surface area contributed by atoms with Gasteiger partial charge in [-0.2, -0.15) is 0 Å². The summed E-state index contributed by atoms with van der Waals surface area (Å²) < 4.78 is 0. The Morgan fingerprint density at radius 3 is 2.08 bits per heavy atom. The molecule has 6 N–H and O–H groups in total. The van der Waals surface area contributed by atoms with E-state index in [2.05, 4.69) is 10.7 Å². The molecule has 1 fully saturated rings. The van der Waals surface area contributed by atoms with E-state index < -0.39 is 12.1 Å². The van der Waals surface area contributed by atoms with Crippen LogP contribution in [0.4, 0.5) is 4.79 Å². The van der Waals surface area contributed by atoms with Gasteiger partial charge in [-0.25, -0.2) is 4.79 Å². The van der Waals surface area contributed by atoms with Gasteiger partial charge < -0.3 is 16.5 Å². The number of nitrogens with two attached hydrogens (primary N) is 2. The Labute approximate surface area is 151 Å². The highest BCUT2D eigenvalue weighted by Crippen LogP contribution is 2.26. The average Bonchev–Trinajstić information content (AvgIpc) is 2.65. The lowest BCUT2D eigenvalue weighted by molar-refractivity contribution is -0.139. The topological polar surface area (TPSA) is 113 Å². The summed E-state index contributed by atoms with van der Waals surface area (Å²) in [5.41, 5.74) is 10.4. The highest BCUT2D eigenvalue weighted by molar-refractivity contribution is 6.00. The number of rotatable bonds is 5. The molecule has 3 amide bonds. The molecule has 0 bridgehead atoms. The molecule has 1 heterocycles. The molecule has 1 unspecified atom stereocenters. The second kappa shape index (κ2) is 7.71. The maximum absolute atomic E-state index is 12.8. The zero-order valence-corrected chi connectivity index (χ0v) is 14.1. The molecular formula is C19H21N5O2. The van der Waals surface area contributed by atoms with Crippen LogP contribution in [0.3, 0.4) is 0 Å². The molecule has 26 heavy (non-hydrogen) atoms. The number of β-lactam (4-membered cyclic amide) rings is 1. The Balaban J connectivity index is 1.84. The van der Waals surface area contributed by atoms with Crippen molar-refractivity contribution in [1.29, 1.82) is 0 Å². The fourth-order valence-corrected chi connectivity index (χ4v) is 2.97. The normalized spacial score (nSPS) is 17.0. The van der Waals surface area contributed by atoms with E-state index in [1.807, 2.05) is 60.7 Å². The third-order valence-electron chi connectivity index (χ3n) is 4.34. The van der Waals surface area contributed by atoms with E-state index in [9.17, 15) is 9.59 Å². The van der Waals surface area contributed by atoms with Crippen molar-refractivity contribution in [3.63, 3.8) is 0 Å². The van der Waals surface area contributed by atoms with Gasteiger partial charge in [0.2, 0.25) is 5.91 Å². The number of nitrogens with zero attached hydrogens (tertiary/aromatic N) is 1. The van der Waals surface area contributed by atoms with Crippen LogP contribution in [0.2, 0.25) is 0 Å². The van der Waals surface area contributed by atoms with Crippen molar-refractivity contribution in [1.82, 2.24) is 15.6 Å². The first-order valence-electron chi connectivity index (χ1n) is 8.26. The van der Waals surface area contributed by atoms with Gasteiger partial charge in [0.05, 0.1) is 18.5 Å². The van der Waals surface area contributed by atoms with Gasteiger partial charge in [-0.3, -0.25) is 15.5 Å². The van der Waals surface area contributed by atoms with Gasteiger partial charge in [-0.05, 0) is 11.1 Å². The third kappa shape index (κ3) is 3.52. The first-order chi connectivity index (χ1) is 12.6. The van der Waals surface area contributed by atoms with Gasteiger partial charge >= 0.3 is 6.03 Å². The lowest BCUT2D eigenvalue weighted by Crippen LogP contribution is -2.61. The van der Waals surface area contributed by atoms with Crippen LogP contribution in [0.1, 0.15) is 23.6 Å². The minimum atomic E-state index is -0.495. The number of urea groups is 1. The van der Waals surface area contributed by atoms with Gasteiger partial charge in [0.15, 0.2) is 0 Å². The van der Waals surface area contributed by atoms with Crippen LogP contribution in [0.15, 0.2) is 72.6 Å². The Morgan fingerprint density at radius 2 is 1.62 bits per heavy atom. The second-order valence-corrected chi connectivity index (χ2v) is 6.00. The first-order valence-corrected chi connectivity index (χ1v) is 8.26. The Hall–Kier alpha value is -3.32. The molecule has 3 rings (SSSR count). The molecule has 1 saturated heterocycles. The van der Waals surface area contributed by atoms with E-state index in [1.54, 1.807) is 0 Å². The lowest BCUT2D eigenvalue weighted by atomic mass is 9.97. The van der Waals surface area contributed by atoms with E-state index >= 15 is 0 Å². The SMILES string of the molecule is NN/C=C(\N)C1CC(=O)N1C(=O)NC(c1ccccc1)c1ccccc1. The Kier molecular flexibility index (Phi) is 5.19. The number of benzene rings is 2. The predicted octanol–water partition coefficient (Wildman–Crippen LogP) is 1.35. The molecule has 134 valence electrons. The smallest absolute Gasteiger partial charge is 0.325 e. The monoisotopic (exact) mass is 351 g/mol. The molecular weight excluding hydrogens is 330 g/mol. The molecule has 0 radical (unpaired) electrons. The fraction of sp³-hybridized carbons (Fsp3) is 0.158. The molecule has 1 atom stereocenters. The summed E-state index contributed by atoms with van der Waals surface area (Å²) in [7, 11) is 0. The van der Waals surface area contributed by atoms with Gasteiger partial charge in [0, 0.05) is 11.9 Å². The van der Waals surface area contributed by atoms with Crippen molar-refractivity contribution in [3.05, 3.63) is 83.7 Å². The number of carbonyl (C=O) groups excluding carboxylic acids is 2. The maximum Gasteiger partial charge on any atom is 0.325 e. The van der Waals surface area contributed by atoms with Crippen LogP contribution in [0.25, 0.3) is 0 Å². The zero-order valence-electron chi connectivity index (χ0n) is 14.1. The molecule has 0 aliphatic carbocycles. The zero-order chi connectivity index (χ0) is 18.5. The molecule has 2 aromatic rings. The number of imide groups is 1. The molecule has 7 nitrogen and oxygen atoms in total. The quantitative estimate of drug-likeness (QED) is 0.369. The third-order valence-corrected chi connectivity index (χ3v) is 4.34. The van der Waals surface area contributed by atoms with Crippen LogP contribution in [0, 0.1) is 0 Å². The van der Waals surface area contributed by atoms with Crippen LogP contribution >= 0.6 is 0 Å². The molecule has 1 aliphatic rings. The number of carbonyl (C=O) groups is 2. The summed E-state index contributed by atoms with van der Waals surface area (Å²) in [4.78, 5) is 25.9. The first kappa shape index (κ1) is 17.5. The molecule has 0 spiro atoms. The van der Waals surface area contributed by atoms with Crippen LogP contribution in [0.5, 0.6) is 0 Å². The predicted molar refractivity (Wildman–Crippen MR) is 98.1 cm³/mol. The van der Waals surface area contributed by atoms with Gasteiger partial charge in [0.25, 0.3) is 0 Å². The number of hydrogen-bond donors (Lipinski definition) is 4. The van der Waals surface area contributed by atoms with Crippen molar-refractivity contribution in [2.45, 2.75) is 18.5 Å². The largest absolute Gasteiger partial charge is 0.399 e. The molecule has 7 heteroatoms. The standard InChI is InChI=1S/C19H21N5O2/c20-15(12-22-21)16-11-17(25)24(16)19(26)23-18(13-7-3-1-4-8-13)14-9-5-2-6-10-14/h1-10,12,16,18,22H,11,20-21H2,(H,23,26)/b15-12-. The van der Waals surface area contributed by atoms with Crippen molar-refractivity contribution in [2.75, 3.05) is 0 Å². The summed E-state index contributed by atoms with van der Waals surface area (Å²) in [5, 5.41) is 2.94. The summed E-state index contributed by atoms with van der Waals surface area (Å²) >= 11 is 0. The van der Waals surface area contributed by atoms with Crippen molar-refractivity contribution < 1.29 is 9.59 Å². The lowest BCUT2D eigenvalue weighted by Gasteiger charge is -2.39. The van der Waals surface area contributed by atoms with E-state index in [0.717, 1.165) is 16.0 Å².